The number of carbonyl (C=O) groups excluding carboxylic acids is 1. The van der Waals surface area contributed by atoms with Gasteiger partial charge in [0.15, 0.2) is 0 Å². The van der Waals surface area contributed by atoms with Crippen molar-refractivity contribution >= 4 is 38.9 Å². The number of rotatable bonds is 8. The molecular weight excluding hydrogens is 400 g/mol. The first-order valence-corrected chi connectivity index (χ1v) is 9.15. The predicted octanol–water partition coefficient (Wildman–Crippen LogP) is 3.77. The second-order valence-electron chi connectivity index (χ2n) is 6.10. The van der Waals surface area contributed by atoms with Crippen LogP contribution >= 0.6 is 15.9 Å². The van der Waals surface area contributed by atoms with E-state index in [1.807, 2.05) is 12.1 Å². The fraction of sp³-hybridized carbons (Fsp3) is 0.278. The maximum atomic E-state index is 12.0. The number of benzene rings is 2. The molecule has 0 saturated heterocycles. The molecule has 1 saturated carbocycles. The van der Waals surface area contributed by atoms with E-state index in [2.05, 4.69) is 31.9 Å². The van der Waals surface area contributed by atoms with Gasteiger partial charge in [0.05, 0.1) is 4.92 Å². The average Bonchev–Trinajstić information content (AvgIpc) is 3.43. The zero-order valence-corrected chi connectivity index (χ0v) is 15.6. The lowest BCUT2D eigenvalue weighted by Crippen LogP contribution is -2.28. The highest BCUT2D eigenvalue weighted by molar-refractivity contribution is 9.10. The number of carbonyl (C=O) groups is 1. The first-order valence-electron chi connectivity index (χ1n) is 8.35. The van der Waals surface area contributed by atoms with Gasteiger partial charge in [-0.05, 0) is 49.2 Å². The van der Waals surface area contributed by atoms with Gasteiger partial charge in [-0.25, -0.2) is 0 Å². The molecule has 2 aromatic carbocycles. The molecule has 0 bridgehead atoms. The SMILES string of the molecule is O=C(NCCNc1ccc([N+](=O)[O-])c(NC2CC2)c1)c1ccc(Br)cc1. The fourth-order valence-corrected chi connectivity index (χ4v) is 2.72. The summed E-state index contributed by atoms with van der Waals surface area (Å²) in [5.41, 5.74) is 1.98. The first kappa shape index (κ1) is 18.2. The number of nitrogens with zero attached hydrogens (tertiary/aromatic N) is 1. The summed E-state index contributed by atoms with van der Waals surface area (Å²) in [5.74, 6) is -0.140. The van der Waals surface area contributed by atoms with Crippen LogP contribution in [0.25, 0.3) is 0 Å². The lowest BCUT2D eigenvalue weighted by molar-refractivity contribution is -0.384. The summed E-state index contributed by atoms with van der Waals surface area (Å²) in [5, 5.41) is 20.3. The summed E-state index contributed by atoms with van der Waals surface area (Å²) in [4.78, 5) is 22.8. The van der Waals surface area contributed by atoms with Crippen LogP contribution in [0.5, 0.6) is 0 Å². The summed E-state index contributed by atoms with van der Waals surface area (Å²) in [6.07, 6.45) is 2.08. The minimum atomic E-state index is -0.382. The Kier molecular flexibility index (Phi) is 5.72. The third-order valence-electron chi connectivity index (χ3n) is 3.98. The quantitative estimate of drug-likeness (QED) is 0.344. The molecule has 136 valence electrons. The van der Waals surface area contributed by atoms with Crippen LogP contribution < -0.4 is 16.0 Å². The van der Waals surface area contributed by atoms with Crippen LogP contribution in [0.4, 0.5) is 17.1 Å². The van der Waals surface area contributed by atoms with Crippen molar-refractivity contribution in [2.24, 2.45) is 0 Å². The Morgan fingerprint density at radius 2 is 1.88 bits per heavy atom. The molecule has 0 aliphatic heterocycles. The third-order valence-corrected chi connectivity index (χ3v) is 4.50. The number of nitro benzene ring substituents is 1. The van der Waals surface area contributed by atoms with Gasteiger partial charge in [0, 0.05) is 40.9 Å². The molecule has 0 radical (unpaired) electrons. The maximum Gasteiger partial charge on any atom is 0.292 e. The van der Waals surface area contributed by atoms with Crippen LogP contribution in [-0.4, -0.2) is 30.0 Å². The molecule has 7 nitrogen and oxygen atoms in total. The Balaban J connectivity index is 1.51. The van der Waals surface area contributed by atoms with Gasteiger partial charge in [0.2, 0.25) is 0 Å². The summed E-state index contributed by atoms with van der Waals surface area (Å²) in [7, 11) is 0. The molecule has 1 amide bonds. The highest BCUT2D eigenvalue weighted by atomic mass is 79.9. The Labute approximate surface area is 159 Å². The van der Waals surface area contributed by atoms with Gasteiger partial charge in [0.25, 0.3) is 11.6 Å². The number of hydrogen-bond donors (Lipinski definition) is 3. The van der Waals surface area contributed by atoms with Crippen molar-refractivity contribution in [3.63, 3.8) is 0 Å². The van der Waals surface area contributed by atoms with Crippen molar-refractivity contribution in [3.05, 3.63) is 62.6 Å². The third kappa shape index (κ3) is 4.95. The highest BCUT2D eigenvalue weighted by Crippen LogP contribution is 2.32. The number of hydrogen-bond acceptors (Lipinski definition) is 5. The fourth-order valence-electron chi connectivity index (χ4n) is 2.45. The van der Waals surface area contributed by atoms with E-state index in [1.54, 1.807) is 24.3 Å². The maximum absolute atomic E-state index is 12.0. The topological polar surface area (TPSA) is 96.3 Å². The molecule has 3 N–H and O–H groups in total. The molecule has 8 heteroatoms. The van der Waals surface area contributed by atoms with E-state index in [-0.39, 0.29) is 16.5 Å². The Morgan fingerprint density at radius 3 is 2.54 bits per heavy atom. The van der Waals surface area contributed by atoms with Crippen LogP contribution in [0, 0.1) is 10.1 Å². The summed E-state index contributed by atoms with van der Waals surface area (Å²) >= 11 is 3.33. The standard InChI is InChI=1S/C18H19BrN4O3/c19-13-3-1-12(2-4-13)18(24)21-10-9-20-15-7-8-17(23(25)26)16(11-15)22-14-5-6-14/h1-4,7-8,11,14,20,22H,5-6,9-10H2,(H,21,24). The first-order chi connectivity index (χ1) is 12.5. The molecule has 0 spiro atoms. The Hall–Kier alpha value is -2.61. The molecule has 2 aromatic rings. The average molecular weight is 419 g/mol. The van der Waals surface area contributed by atoms with E-state index in [1.165, 1.54) is 6.07 Å². The van der Waals surface area contributed by atoms with E-state index >= 15 is 0 Å². The smallest absolute Gasteiger partial charge is 0.292 e. The van der Waals surface area contributed by atoms with Crippen molar-refractivity contribution in [3.8, 4) is 0 Å². The van der Waals surface area contributed by atoms with E-state index < -0.39 is 0 Å². The predicted molar refractivity (Wildman–Crippen MR) is 105 cm³/mol. The lowest BCUT2D eigenvalue weighted by atomic mass is 10.2. The van der Waals surface area contributed by atoms with Gasteiger partial charge < -0.3 is 16.0 Å². The lowest BCUT2D eigenvalue weighted by Gasteiger charge is -2.11. The van der Waals surface area contributed by atoms with Crippen LogP contribution in [0.2, 0.25) is 0 Å². The van der Waals surface area contributed by atoms with E-state index in [0.717, 1.165) is 23.0 Å². The highest BCUT2D eigenvalue weighted by Gasteiger charge is 2.24. The van der Waals surface area contributed by atoms with Crippen molar-refractivity contribution in [2.45, 2.75) is 18.9 Å². The number of nitrogens with one attached hydrogen (secondary N) is 3. The minimum absolute atomic E-state index is 0.0750. The number of anilines is 2. The van der Waals surface area contributed by atoms with Gasteiger partial charge in [-0.3, -0.25) is 14.9 Å². The number of nitro groups is 1. The van der Waals surface area contributed by atoms with Crippen LogP contribution in [0.15, 0.2) is 46.9 Å². The van der Waals surface area contributed by atoms with Crippen LogP contribution in [0.3, 0.4) is 0 Å². The minimum Gasteiger partial charge on any atom is -0.383 e. The Bertz CT molecular complexity index is 807. The van der Waals surface area contributed by atoms with Gasteiger partial charge in [-0.15, -0.1) is 0 Å². The van der Waals surface area contributed by atoms with Gasteiger partial charge in [-0.2, -0.15) is 0 Å². The normalized spacial score (nSPS) is 13.1. The van der Waals surface area contributed by atoms with Gasteiger partial charge in [-0.1, -0.05) is 15.9 Å². The van der Waals surface area contributed by atoms with Gasteiger partial charge >= 0.3 is 0 Å². The van der Waals surface area contributed by atoms with Crippen molar-refractivity contribution in [2.75, 3.05) is 23.7 Å². The van der Waals surface area contributed by atoms with Crippen molar-refractivity contribution < 1.29 is 9.72 Å². The molecular formula is C18H19BrN4O3. The van der Waals surface area contributed by atoms with Crippen molar-refractivity contribution in [1.82, 2.24) is 5.32 Å². The summed E-state index contributed by atoms with van der Waals surface area (Å²) < 4.78 is 0.921. The monoisotopic (exact) mass is 418 g/mol. The van der Waals surface area contributed by atoms with Crippen LogP contribution in [-0.2, 0) is 0 Å². The summed E-state index contributed by atoms with van der Waals surface area (Å²) in [6, 6.07) is 12.4. The largest absolute Gasteiger partial charge is 0.383 e. The Morgan fingerprint density at radius 1 is 1.15 bits per heavy atom. The zero-order chi connectivity index (χ0) is 18.5. The second kappa shape index (κ2) is 8.18. The molecule has 0 heterocycles. The molecule has 0 aromatic heterocycles. The molecule has 1 aliphatic carbocycles. The molecule has 3 rings (SSSR count). The van der Waals surface area contributed by atoms with Crippen molar-refractivity contribution in [1.29, 1.82) is 0 Å². The van der Waals surface area contributed by atoms with E-state index in [9.17, 15) is 14.9 Å². The van der Waals surface area contributed by atoms with Crippen LogP contribution in [0.1, 0.15) is 23.2 Å². The summed E-state index contributed by atoms with van der Waals surface area (Å²) in [6.45, 7) is 0.959. The van der Waals surface area contributed by atoms with Gasteiger partial charge in [0.1, 0.15) is 5.69 Å². The molecule has 26 heavy (non-hydrogen) atoms. The molecule has 1 aliphatic rings. The number of halogens is 1. The zero-order valence-electron chi connectivity index (χ0n) is 14.0. The molecule has 1 fully saturated rings. The van der Waals surface area contributed by atoms with E-state index in [0.29, 0.717) is 30.4 Å². The molecule has 0 atom stereocenters. The second-order valence-corrected chi connectivity index (χ2v) is 7.01. The van der Waals surface area contributed by atoms with E-state index in [4.69, 9.17) is 0 Å². The number of amides is 1. The molecule has 0 unspecified atom stereocenters.